The summed E-state index contributed by atoms with van der Waals surface area (Å²) in [5.74, 6) is 0. The van der Waals surface area contributed by atoms with E-state index in [0.29, 0.717) is 0 Å². The first-order chi connectivity index (χ1) is 35.7. The topological polar surface area (TPSA) is 8.17 Å². The maximum atomic E-state index is 2.44. The fourth-order valence-electron chi connectivity index (χ4n) is 10.7. The quantitative estimate of drug-likeness (QED) is 0.133. The van der Waals surface area contributed by atoms with Crippen molar-refractivity contribution < 1.29 is 0 Å². The van der Waals surface area contributed by atoms with Crippen molar-refractivity contribution in [3.63, 3.8) is 0 Å². The highest BCUT2D eigenvalue weighted by atomic mass is 15.1. The van der Waals surface area contributed by atoms with Crippen LogP contribution in [0.5, 0.6) is 0 Å². The molecule has 72 heavy (non-hydrogen) atoms. The zero-order chi connectivity index (χ0) is 47.8. The number of benzene rings is 12. The van der Waals surface area contributed by atoms with E-state index in [1.807, 2.05) is 0 Å². The van der Waals surface area contributed by atoms with Crippen LogP contribution < -0.4 is 4.90 Å². The second-order valence-electron chi connectivity index (χ2n) is 18.5. The minimum Gasteiger partial charge on any atom is -0.310 e. The van der Waals surface area contributed by atoms with Gasteiger partial charge in [0.05, 0.1) is 16.7 Å². The Kier molecular flexibility index (Phi) is 10.9. The molecule has 0 saturated carbocycles. The number of fused-ring (bicyclic) bond motifs is 4. The fourth-order valence-corrected chi connectivity index (χ4v) is 10.7. The molecule has 0 atom stereocenters. The summed E-state index contributed by atoms with van der Waals surface area (Å²) in [4.78, 5) is 2.44. The Morgan fingerprint density at radius 2 is 0.667 bits per heavy atom. The third-order valence-corrected chi connectivity index (χ3v) is 14.2. The van der Waals surface area contributed by atoms with Crippen LogP contribution in [0.1, 0.15) is 0 Å². The zero-order valence-electron chi connectivity index (χ0n) is 39.6. The van der Waals surface area contributed by atoms with Crippen molar-refractivity contribution >= 4 is 49.6 Å². The second kappa shape index (κ2) is 18.4. The van der Waals surface area contributed by atoms with Gasteiger partial charge in [-0.1, -0.05) is 231 Å². The average Bonchev–Trinajstić information content (AvgIpc) is 3.80. The molecule has 0 radical (unpaired) electrons. The zero-order valence-corrected chi connectivity index (χ0v) is 39.6. The third kappa shape index (κ3) is 7.82. The number of nitrogens with zero attached hydrogens (tertiary/aromatic N) is 2. The van der Waals surface area contributed by atoms with Crippen LogP contribution in [0, 0.1) is 0 Å². The SMILES string of the molecule is c1ccc(-c2ccccc2-c2c(-c3ccccc3)cccc2N(c2ccc(-c3ccc(-c4ccc5ccccc5c4)cc3)cc2)c2ccc(-c3ccc(-n4c5ccccc5c5ccccc54)cc3)cc2)cc1. The minimum atomic E-state index is 1.07. The molecule has 13 aromatic rings. The summed E-state index contributed by atoms with van der Waals surface area (Å²) in [7, 11) is 0. The van der Waals surface area contributed by atoms with Crippen LogP contribution in [0.3, 0.4) is 0 Å². The number of rotatable bonds is 10. The summed E-state index contributed by atoms with van der Waals surface area (Å²) in [5, 5.41) is 5.03. The predicted molar refractivity (Wildman–Crippen MR) is 306 cm³/mol. The van der Waals surface area contributed by atoms with Crippen molar-refractivity contribution in [1.82, 2.24) is 4.57 Å². The fraction of sp³-hybridized carbons (Fsp3) is 0. The molecule has 2 heteroatoms. The molecule has 1 aromatic heterocycles. The monoisotopic (exact) mass is 916 g/mol. The van der Waals surface area contributed by atoms with Crippen molar-refractivity contribution in [3.05, 3.63) is 291 Å². The molecule has 0 N–H and O–H groups in total. The summed E-state index contributed by atoms with van der Waals surface area (Å²) < 4.78 is 2.37. The molecule has 0 unspecified atom stereocenters. The third-order valence-electron chi connectivity index (χ3n) is 14.2. The van der Waals surface area contributed by atoms with Crippen molar-refractivity contribution in [2.75, 3.05) is 4.90 Å². The van der Waals surface area contributed by atoms with Crippen LogP contribution in [0.15, 0.2) is 291 Å². The van der Waals surface area contributed by atoms with Crippen LogP contribution in [-0.4, -0.2) is 4.57 Å². The van der Waals surface area contributed by atoms with E-state index in [1.54, 1.807) is 0 Å². The molecule has 0 amide bonds. The van der Waals surface area contributed by atoms with Gasteiger partial charge in [-0.05, 0) is 133 Å². The van der Waals surface area contributed by atoms with Gasteiger partial charge in [0.15, 0.2) is 0 Å². The van der Waals surface area contributed by atoms with Gasteiger partial charge in [0.25, 0.3) is 0 Å². The first kappa shape index (κ1) is 42.6. The number of hydrogen-bond acceptors (Lipinski definition) is 1. The largest absolute Gasteiger partial charge is 0.310 e. The van der Waals surface area contributed by atoms with Gasteiger partial charge < -0.3 is 9.47 Å². The molecule has 12 aromatic carbocycles. The van der Waals surface area contributed by atoms with E-state index in [-0.39, 0.29) is 0 Å². The van der Waals surface area contributed by atoms with E-state index in [0.717, 1.165) is 39.4 Å². The number of aromatic nitrogens is 1. The van der Waals surface area contributed by atoms with Gasteiger partial charge in [-0.3, -0.25) is 0 Å². The lowest BCUT2D eigenvalue weighted by Crippen LogP contribution is -2.12. The van der Waals surface area contributed by atoms with Gasteiger partial charge in [0.1, 0.15) is 0 Å². The van der Waals surface area contributed by atoms with Gasteiger partial charge in [-0.15, -0.1) is 0 Å². The van der Waals surface area contributed by atoms with Crippen LogP contribution in [0.2, 0.25) is 0 Å². The molecule has 2 nitrogen and oxygen atoms in total. The Morgan fingerprint density at radius 1 is 0.250 bits per heavy atom. The minimum absolute atomic E-state index is 1.07. The van der Waals surface area contributed by atoms with Gasteiger partial charge in [-0.25, -0.2) is 0 Å². The first-order valence-corrected chi connectivity index (χ1v) is 24.7. The molecule has 338 valence electrons. The van der Waals surface area contributed by atoms with Crippen LogP contribution in [0.25, 0.3) is 105 Å². The molecule has 0 bridgehead atoms. The molecule has 0 saturated heterocycles. The summed E-state index contributed by atoms with van der Waals surface area (Å²) in [6, 6.07) is 106. The van der Waals surface area contributed by atoms with E-state index in [4.69, 9.17) is 0 Å². The highest BCUT2D eigenvalue weighted by Gasteiger charge is 2.23. The van der Waals surface area contributed by atoms with Crippen LogP contribution >= 0.6 is 0 Å². The van der Waals surface area contributed by atoms with Gasteiger partial charge >= 0.3 is 0 Å². The summed E-state index contributed by atoms with van der Waals surface area (Å²) in [5.41, 5.74) is 20.9. The van der Waals surface area contributed by atoms with Gasteiger partial charge in [0.2, 0.25) is 0 Å². The number of para-hydroxylation sites is 2. The Hall–Kier alpha value is -9.50. The highest BCUT2D eigenvalue weighted by molar-refractivity contribution is 6.09. The van der Waals surface area contributed by atoms with E-state index >= 15 is 0 Å². The average molecular weight is 917 g/mol. The Bertz CT molecular complexity index is 3990. The van der Waals surface area contributed by atoms with E-state index in [2.05, 4.69) is 301 Å². The van der Waals surface area contributed by atoms with Crippen molar-refractivity contribution in [3.8, 4) is 72.4 Å². The highest BCUT2D eigenvalue weighted by Crippen LogP contribution is 2.48. The number of hydrogen-bond donors (Lipinski definition) is 0. The lowest BCUT2D eigenvalue weighted by molar-refractivity contribution is 1.18. The molecule has 0 aliphatic carbocycles. The second-order valence-corrected chi connectivity index (χ2v) is 18.5. The van der Waals surface area contributed by atoms with E-state index in [9.17, 15) is 0 Å². The molecule has 0 aliphatic rings. The normalized spacial score (nSPS) is 11.3. The van der Waals surface area contributed by atoms with Crippen molar-refractivity contribution in [2.24, 2.45) is 0 Å². The summed E-state index contributed by atoms with van der Waals surface area (Å²) >= 11 is 0. The lowest BCUT2D eigenvalue weighted by atomic mass is 9.87. The molecule has 13 rings (SSSR count). The lowest BCUT2D eigenvalue weighted by Gasteiger charge is -2.30. The van der Waals surface area contributed by atoms with Crippen molar-refractivity contribution in [2.45, 2.75) is 0 Å². The van der Waals surface area contributed by atoms with Crippen molar-refractivity contribution in [1.29, 1.82) is 0 Å². The smallest absolute Gasteiger partial charge is 0.0546 e. The molecule has 0 aliphatic heterocycles. The molecule has 1 heterocycles. The van der Waals surface area contributed by atoms with E-state index in [1.165, 1.54) is 82.6 Å². The predicted octanol–water partition coefficient (Wildman–Crippen LogP) is 19.4. The maximum absolute atomic E-state index is 2.44. The standard InChI is InChI=1S/C70H48N2/c1-3-17-55(18-4-1)62-22-9-10-25-66(62)70-63(56-19-5-2-6-20-56)26-15-29-69(70)71(59-42-36-51(37-43-59)50-30-32-54(33-31-50)58-35-34-49-16-7-8-21-57(49)48-58)60-44-38-52(39-45-60)53-40-46-61(47-41-53)72-67-27-13-11-23-64(67)65-24-12-14-28-68(65)72/h1-48H. The Labute approximate surface area is 420 Å². The molecule has 0 spiro atoms. The number of anilines is 3. The van der Waals surface area contributed by atoms with Crippen LogP contribution in [-0.2, 0) is 0 Å². The van der Waals surface area contributed by atoms with Gasteiger partial charge in [0, 0.05) is 33.4 Å². The molecular weight excluding hydrogens is 869 g/mol. The summed E-state index contributed by atoms with van der Waals surface area (Å²) in [6.45, 7) is 0. The first-order valence-electron chi connectivity index (χ1n) is 24.7. The van der Waals surface area contributed by atoms with Crippen LogP contribution in [0.4, 0.5) is 17.1 Å². The molecule has 0 fully saturated rings. The Morgan fingerprint density at radius 3 is 1.25 bits per heavy atom. The summed E-state index contributed by atoms with van der Waals surface area (Å²) in [6.07, 6.45) is 0. The van der Waals surface area contributed by atoms with E-state index < -0.39 is 0 Å². The maximum Gasteiger partial charge on any atom is 0.0546 e. The molecular formula is C70H48N2. The Balaban J connectivity index is 0.917. The van der Waals surface area contributed by atoms with Gasteiger partial charge in [-0.2, -0.15) is 0 Å².